The molecule has 0 bridgehead atoms. The van der Waals surface area contributed by atoms with E-state index in [-0.39, 0.29) is 29.1 Å². The van der Waals surface area contributed by atoms with Crippen LogP contribution in [0, 0.1) is 28.5 Å². The van der Waals surface area contributed by atoms with E-state index in [0.717, 1.165) is 49.8 Å². The molecule has 0 spiro atoms. The Labute approximate surface area is 207 Å². The molecule has 1 aromatic carbocycles. The largest absolute Gasteiger partial charge is 0.353 e. The van der Waals surface area contributed by atoms with Crippen molar-refractivity contribution in [3.63, 3.8) is 0 Å². The Morgan fingerprint density at radius 3 is 2.83 bits per heavy atom. The van der Waals surface area contributed by atoms with Crippen LogP contribution in [0.25, 0.3) is 0 Å². The van der Waals surface area contributed by atoms with Crippen LogP contribution in [0.5, 0.6) is 0 Å². The van der Waals surface area contributed by atoms with Crippen molar-refractivity contribution in [1.29, 1.82) is 5.41 Å². The predicted octanol–water partition coefficient (Wildman–Crippen LogP) is 6.22. The molecule has 0 saturated heterocycles. The monoisotopic (exact) mass is 474 g/mol. The molecule has 4 rings (SSSR count). The van der Waals surface area contributed by atoms with Crippen molar-refractivity contribution >= 4 is 23.5 Å². The molecule has 4 unspecified atom stereocenters. The molecule has 0 aliphatic heterocycles. The lowest BCUT2D eigenvalue weighted by Crippen LogP contribution is -2.41. The second-order valence-corrected chi connectivity index (χ2v) is 10.1. The van der Waals surface area contributed by atoms with Crippen LogP contribution >= 0.6 is 0 Å². The van der Waals surface area contributed by atoms with Crippen LogP contribution in [0.2, 0.25) is 0 Å². The summed E-state index contributed by atoms with van der Waals surface area (Å²) < 4.78 is 13.3. The third-order valence-electron chi connectivity index (χ3n) is 7.69. The number of nitrogens with one attached hydrogen (secondary N) is 2. The number of nitrogens with zero attached hydrogens (tertiary/aromatic N) is 2. The van der Waals surface area contributed by atoms with E-state index >= 15 is 0 Å². The van der Waals surface area contributed by atoms with Crippen LogP contribution in [-0.2, 0) is 11.2 Å². The zero-order valence-corrected chi connectivity index (χ0v) is 20.6. The van der Waals surface area contributed by atoms with E-state index in [1.807, 2.05) is 12.1 Å². The maximum Gasteiger partial charge on any atom is 0.224 e. The van der Waals surface area contributed by atoms with Gasteiger partial charge in [0.1, 0.15) is 5.82 Å². The fraction of sp³-hybridized carbons (Fsp3) is 0.448. The van der Waals surface area contributed by atoms with Gasteiger partial charge in [0.05, 0.1) is 12.1 Å². The highest BCUT2D eigenvalue weighted by Crippen LogP contribution is 2.55. The molecule has 1 amide bonds. The van der Waals surface area contributed by atoms with Gasteiger partial charge < -0.3 is 10.7 Å². The summed E-state index contributed by atoms with van der Waals surface area (Å²) in [5.41, 5.74) is 3.90. The number of aliphatic imine (C=N–C) groups is 1. The van der Waals surface area contributed by atoms with Crippen LogP contribution in [0.4, 0.5) is 10.1 Å². The van der Waals surface area contributed by atoms with Gasteiger partial charge in [0.2, 0.25) is 5.91 Å². The Hall–Kier alpha value is -3.15. The summed E-state index contributed by atoms with van der Waals surface area (Å²) in [7, 11) is 0. The number of carbonyl (C=O) groups is 1. The van der Waals surface area contributed by atoms with Gasteiger partial charge in [0.25, 0.3) is 0 Å². The lowest BCUT2D eigenvalue weighted by molar-refractivity contribution is -0.121. The zero-order valence-electron chi connectivity index (χ0n) is 20.6. The SMILES string of the molecule is CCCC(CC1CCC2=CC(=Nc3ccc(F)cc3)C(C=N)CC21C)NC(=O)Cc1cccnc1. The number of hydrogen-bond donors (Lipinski definition) is 2. The first-order valence-electron chi connectivity index (χ1n) is 12.7. The molecular weight excluding hydrogens is 439 g/mol. The standard InChI is InChI=1S/C29H35FN4O/c1-3-5-26(34-28(35)14-20-6-4-13-32-19-20)15-22-7-8-23-16-27(21(18-31)17-29(22,23)2)33-25-11-9-24(30)10-12-25/h4,6,9-13,16,18-19,21-22,26,31H,3,5,7-8,14-15,17H2,1-2H3,(H,34,35). The summed E-state index contributed by atoms with van der Waals surface area (Å²) in [6, 6.07) is 10.1. The van der Waals surface area contributed by atoms with E-state index in [1.54, 1.807) is 24.5 Å². The first kappa shape index (κ1) is 25.0. The smallest absolute Gasteiger partial charge is 0.224 e. The minimum absolute atomic E-state index is 0.00982. The summed E-state index contributed by atoms with van der Waals surface area (Å²) in [5, 5.41) is 11.4. The molecule has 0 radical (unpaired) electrons. The lowest BCUT2D eigenvalue weighted by Gasteiger charge is -2.40. The number of allylic oxidation sites excluding steroid dienone is 2. The summed E-state index contributed by atoms with van der Waals surface area (Å²) in [6.45, 7) is 4.48. The minimum atomic E-state index is -0.278. The molecule has 1 heterocycles. The molecule has 35 heavy (non-hydrogen) atoms. The highest BCUT2D eigenvalue weighted by molar-refractivity contribution is 6.07. The summed E-state index contributed by atoms with van der Waals surface area (Å²) in [4.78, 5) is 21.6. The van der Waals surface area contributed by atoms with Gasteiger partial charge in [0, 0.05) is 36.3 Å². The molecule has 6 heteroatoms. The maximum atomic E-state index is 13.3. The summed E-state index contributed by atoms with van der Waals surface area (Å²) >= 11 is 0. The Kier molecular flexibility index (Phi) is 7.89. The summed E-state index contributed by atoms with van der Waals surface area (Å²) in [6.07, 6.45) is 13.3. The summed E-state index contributed by atoms with van der Waals surface area (Å²) in [5.74, 6) is 0.142. The fourth-order valence-corrected chi connectivity index (χ4v) is 5.79. The van der Waals surface area contributed by atoms with E-state index in [4.69, 9.17) is 10.4 Å². The van der Waals surface area contributed by atoms with Crippen LogP contribution in [0.1, 0.15) is 57.9 Å². The molecule has 5 nitrogen and oxygen atoms in total. The Balaban J connectivity index is 1.48. The molecule has 1 fully saturated rings. The van der Waals surface area contributed by atoms with E-state index in [9.17, 15) is 9.18 Å². The highest BCUT2D eigenvalue weighted by atomic mass is 19.1. The van der Waals surface area contributed by atoms with E-state index in [0.29, 0.717) is 18.0 Å². The van der Waals surface area contributed by atoms with Crippen molar-refractivity contribution in [1.82, 2.24) is 10.3 Å². The molecule has 1 saturated carbocycles. The molecule has 2 aromatic rings. The van der Waals surface area contributed by atoms with Crippen LogP contribution in [-0.4, -0.2) is 28.9 Å². The molecule has 2 aliphatic carbocycles. The Morgan fingerprint density at radius 2 is 2.14 bits per heavy atom. The second-order valence-electron chi connectivity index (χ2n) is 10.1. The molecular formula is C29H35FN4O. The van der Waals surface area contributed by atoms with Crippen molar-refractivity contribution < 1.29 is 9.18 Å². The number of aromatic nitrogens is 1. The van der Waals surface area contributed by atoms with Crippen LogP contribution < -0.4 is 5.32 Å². The number of pyridine rings is 1. The molecule has 2 aliphatic rings. The van der Waals surface area contributed by atoms with Gasteiger partial charge in [-0.3, -0.25) is 14.8 Å². The zero-order chi connectivity index (χ0) is 24.8. The molecule has 1 aromatic heterocycles. The van der Waals surface area contributed by atoms with Crippen molar-refractivity contribution in [2.24, 2.45) is 22.2 Å². The Bertz CT molecular complexity index is 1100. The average molecular weight is 475 g/mol. The molecule has 4 atom stereocenters. The van der Waals surface area contributed by atoms with Gasteiger partial charge in [0.15, 0.2) is 0 Å². The van der Waals surface area contributed by atoms with Crippen LogP contribution in [0.15, 0.2) is 65.4 Å². The number of halogens is 1. The van der Waals surface area contributed by atoms with Crippen molar-refractivity contribution in [3.8, 4) is 0 Å². The number of amides is 1. The minimum Gasteiger partial charge on any atom is -0.353 e. The second kappa shape index (κ2) is 11.1. The van der Waals surface area contributed by atoms with Gasteiger partial charge in [-0.1, -0.05) is 31.9 Å². The third kappa shape index (κ3) is 5.92. The Morgan fingerprint density at radius 1 is 1.34 bits per heavy atom. The number of hydrogen-bond acceptors (Lipinski definition) is 4. The maximum absolute atomic E-state index is 13.3. The molecule has 184 valence electrons. The topological polar surface area (TPSA) is 78.2 Å². The van der Waals surface area contributed by atoms with E-state index in [2.05, 4.69) is 30.2 Å². The van der Waals surface area contributed by atoms with Gasteiger partial charge in [-0.2, -0.15) is 0 Å². The fourth-order valence-electron chi connectivity index (χ4n) is 5.79. The first-order chi connectivity index (χ1) is 16.9. The van der Waals surface area contributed by atoms with E-state index < -0.39 is 0 Å². The van der Waals surface area contributed by atoms with Gasteiger partial charge in [-0.15, -0.1) is 0 Å². The normalized spacial score (nSPS) is 25.6. The quantitative estimate of drug-likeness (QED) is 0.423. The van der Waals surface area contributed by atoms with Crippen molar-refractivity contribution in [2.45, 2.75) is 64.8 Å². The first-order valence-corrected chi connectivity index (χ1v) is 12.7. The van der Waals surface area contributed by atoms with Crippen LogP contribution in [0.3, 0.4) is 0 Å². The average Bonchev–Trinajstić information content (AvgIpc) is 3.15. The van der Waals surface area contributed by atoms with Gasteiger partial charge in [-0.05, 0) is 85.4 Å². The van der Waals surface area contributed by atoms with Crippen molar-refractivity contribution in [2.75, 3.05) is 0 Å². The number of fused-ring (bicyclic) bond motifs is 1. The number of rotatable bonds is 9. The number of benzene rings is 1. The third-order valence-corrected chi connectivity index (χ3v) is 7.69. The predicted molar refractivity (Wildman–Crippen MR) is 139 cm³/mol. The van der Waals surface area contributed by atoms with Gasteiger partial charge >= 0.3 is 0 Å². The lowest BCUT2D eigenvalue weighted by atomic mass is 9.65. The van der Waals surface area contributed by atoms with Crippen molar-refractivity contribution in [3.05, 3.63) is 71.8 Å². The molecule has 2 N–H and O–H groups in total. The highest BCUT2D eigenvalue weighted by Gasteiger charge is 2.47. The number of carbonyl (C=O) groups excluding carboxylic acids is 1. The van der Waals surface area contributed by atoms with E-state index in [1.165, 1.54) is 23.9 Å². The van der Waals surface area contributed by atoms with Gasteiger partial charge in [-0.25, -0.2) is 4.39 Å².